The summed E-state index contributed by atoms with van der Waals surface area (Å²) < 4.78 is 13.7. The summed E-state index contributed by atoms with van der Waals surface area (Å²) in [5, 5.41) is 18.6. The van der Waals surface area contributed by atoms with E-state index in [0.29, 0.717) is 6.42 Å². The number of carboxylic acids is 1. The van der Waals surface area contributed by atoms with Crippen LogP contribution in [0.3, 0.4) is 0 Å². The van der Waals surface area contributed by atoms with E-state index in [2.05, 4.69) is 15.7 Å². The smallest absolute Gasteiger partial charge is 0.452 e. The Labute approximate surface area is 213 Å². The molecule has 0 spiro atoms. The second kappa shape index (κ2) is 13.3. The van der Waals surface area contributed by atoms with Crippen LogP contribution in [-0.4, -0.2) is 34.8 Å². The van der Waals surface area contributed by atoms with Crippen LogP contribution >= 0.6 is 7.95 Å². The van der Waals surface area contributed by atoms with Crippen LogP contribution in [0.4, 0.5) is 0 Å². The SMILES string of the molecule is CC(C)C[C@H](NC(=O)[C@H](C)N[P+](=O)C(NC(c1ccccc1)c1ccccc1)C1C=CC=C1)C(=O)O. The molecule has 7 nitrogen and oxygen atoms in total. The van der Waals surface area contributed by atoms with Crippen LogP contribution in [0.25, 0.3) is 0 Å². The maximum absolute atomic E-state index is 13.7. The highest BCUT2D eigenvalue weighted by atomic mass is 31.1. The van der Waals surface area contributed by atoms with Crippen molar-refractivity contribution in [2.24, 2.45) is 11.8 Å². The number of amides is 1. The highest BCUT2D eigenvalue weighted by Gasteiger charge is 2.41. The molecule has 2 aromatic rings. The van der Waals surface area contributed by atoms with Gasteiger partial charge in [0.05, 0.1) is 12.0 Å². The van der Waals surface area contributed by atoms with Crippen molar-refractivity contribution in [3.63, 3.8) is 0 Å². The van der Waals surface area contributed by atoms with Crippen LogP contribution < -0.4 is 15.7 Å². The zero-order valence-electron chi connectivity index (χ0n) is 20.9. The first-order valence-corrected chi connectivity index (χ1v) is 13.6. The average molecular weight is 509 g/mol. The van der Waals surface area contributed by atoms with Gasteiger partial charge in [-0.2, -0.15) is 0 Å². The Hall–Kier alpha value is -3.12. The van der Waals surface area contributed by atoms with Gasteiger partial charge in [0.15, 0.2) is 0 Å². The molecule has 0 saturated carbocycles. The first kappa shape index (κ1) is 27.5. The minimum Gasteiger partial charge on any atom is -0.480 e. The van der Waals surface area contributed by atoms with Crippen LogP contribution in [0.5, 0.6) is 0 Å². The zero-order valence-corrected chi connectivity index (χ0v) is 21.8. The van der Waals surface area contributed by atoms with Crippen LogP contribution in [0.15, 0.2) is 85.0 Å². The molecule has 2 aromatic carbocycles. The lowest BCUT2D eigenvalue weighted by Crippen LogP contribution is -2.49. The molecule has 3 rings (SSSR count). The number of allylic oxidation sites excluding steroid dienone is 2. The second-order valence-corrected chi connectivity index (χ2v) is 10.9. The van der Waals surface area contributed by atoms with E-state index in [9.17, 15) is 19.3 Å². The summed E-state index contributed by atoms with van der Waals surface area (Å²) in [4.78, 5) is 24.3. The van der Waals surface area contributed by atoms with Gasteiger partial charge in [-0.25, -0.2) is 4.79 Å². The molecule has 0 fully saturated rings. The Balaban J connectivity index is 1.79. The van der Waals surface area contributed by atoms with Gasteiger partial charge in [0.1, 0.15) is 12.1 Å². The quantitative estimate of drug-likeness (QED) is 0.291. The third kappa shape index (κ3) is 7.69. The lowest BCUT2D eigenvalue weighted by atomic mass is 9.98. The number of hydrogen-bond donors (Lipinski definition) is 4. The van der Waals surface area contributed by atoms with Crippen molar-refractivity contribution in [2.75, 3.05) is 0 Å². The van der Waals surface area contributed by atoms with Crippen molar-refractivity contribution in [1.82, 2.24) is 15.7 Å². The first-order valence-electron chi connectivity index (χ1n) is 12.2. The lowest BCUT2D eigenvalue weighted by molar-refractivity contribution is -0.142. The fraction of sp³-hybridized carbons (Fsp3) is 0.357. The molecule has 1 aliphatic rings. The molecule has 0 bridgehead atoms. The van der Waals surface area contributed by atoms with Gasteiger partial charge in [0, 0.05) is 0 Å². The molecule has 0 aliphatic heterocycles. The van der Waals surface area contributed by atoms with Gasteiger partial charge in [-0.1, -0.05) is 104 Å². The van der Waals surface area contributed by atoms with E-state index in [0.717, 1.165) is 11.1 Å². The molecule has 4 N–H and O–H groups in total. The van der Waals surface area contributed by atoms with E-state index in [1.807, 2.05) is 98.8 Å². The number of carbonyl (C=O) groups excluding carboxylic acids is 1. The fourth-order valence-electron chi connectivity index (χ4n) is 4.16. The van der Waals surface area contributed by atoms with Crippen LogP contribution in [0.1, 0.15) is 44.4 Å². The number of nitrogens with one attached hydrogen (secondary N) is 3. The van der Waals surface area contributed by atoms with E-state index in [4.69, 9.17) is 0 Å². The highest BCUT2D eigenvalue weighted by Crippen LogP contribution is 2.35. The zero-order chi connectivity index (χ0) is 26.1. The molecule has 0 heterocycles. The molecule has 36 heavy (non-hydrogen) atoms. The normalized spacial score (nSPS) is 16.2. The fourth-order valence-corrected chi connectivity index (χ4v) is 5.62. The molecule has 1 amide bonds. The van der Waals surface area contributed by atoms with E-state index in [1.54, 1.807) is 6.92 Å². The Bertz CT molecular complexity index is 1040. The van der Waals surface area contributed by atoms with Gasteiger partial charge in [-0.15, -0.1) is 0 Å². The predicted molar refractivity (Wildman–Crippen MR) is 143 cm³/mol. The molecular formula is C28H35N3O4P+. The molecule has 2 unspecified atom stereocenters. The van der Waals surface area contributed by atoms with Crippen molar-refractivity contribution in [3.05, 3.63) is 96.1 Å². The minimum atomic E-state index is -2.12. The molecule has 0 radical (unpaired) electrons. The Morgan fingerprint density at radius 3 is 1.92 bits per heavy atom. The van der Waals surface area contributed by atoms with E-state index >= 15 is 0 Å². The lowest BCUT2D eigenvalue weighted by Gasteiger charge is -2.24. The molecule has 0 saturated heterocycles. The van der Waals surface area contributed by atoms with E-state index in [-0.39, 0.29) is 17.9 Å². The summed E-state index contributed by atoms with van der Waals surface area (Å²) in [6.07, 6.45) is 8.11. The Morgan fingerprint density at radius 1 is 0.917 bits per heavy atom. The highest BCUT2D eigenvalue weighted by molar-refractivity contribution is 7.43. The summed E-state index contributed by atoms with van der Waals surface area (Å²) in [7, 11) is -2.12. The number of aliphatic carboxylic acids is 1. The number of hydrogen-bond acceptors (Lipinski definition) is 4. The average Bonchev–Trinajstić information content (AvgIpc) is 3.39. The summed E-state index contributed by atoms with van der Waals surface area (Å²) in [6, 6.07) is 17.9. The largest absolute Gasteiger partial charge is 0.480 e. The van der Waals surface area contributed by atoms with Gasteiger partial charge in [-0.05, 0) is 35.0 Å². The first-order chi connectivity index (χ1) is 17.3. The van der Waals surface area contributed by atoms with Crippen molar-refractivity contribution in [1.29, 1.82) is 0 Å². The Kier molecular flexibility index (Phi) is 10.1. The minimum absolute atomic E-state index is 0.105. The van der Waals surface area contributed by atoms with Gasteiger partial charge >= 0.3 is 13.9 Å². The topological polar surface area (TPSA) is 108 Å². The molecule has 4 atom stereocenters. The standard InChI is InChI=1S/C28H34N3O4P/c1-19(2)18-24(28(33)34)29-26(32)20(3)31-36(35)27(23-16-10-11-17-23)30-25(21-12-6-4-7-13-21)22-14-8-5-9-15-22/h4-17,19-20,23-25,27,30H,18H2,1-3H3,(H2-,29,31,32,33,34,35)/p+1/t20-,24-,27?/m0/s1. The van der Waals surface area contributed by atoms with E-state index < -0.39 is 37.7 Å². The summed E-state index contributed by atoms with van der Waals surface area (Å²) in [5.41, 5.74) is 2.07. The van der Waals surface area contributed by atoms with Crippen molar-refractivity contribution in [3.8, 4) is 0 Å². The molecule has 0 aromatic heterocycles. The maximum Gasteiger partial charge on any atom is 0.452 e. The third-order valence-corrected chi connectivity index (χ3v) is 7.67. The van der Waals surface area contributed by atoms with Crippen LogP contribution in [0.2, 0.25) is 0 Å². The van der Waals surface area contributed by atoms with Gasteiger partial charge in [0.25, 0.3) is 0 Å². The van der Waals surface area contributed by atoms with Crippen molar-refractivity contribution in [2.45, 2.75) is 51.1 Å². The number of carboxylic acid groups (broad SMARTS) is 1. The summed E-state index contributed by atoms with van der Waals surface area (Å²) in [6.45, 7) is 5.39. The molecule has 1 aliphatic carbocycles. The monoisotopic (exact) mass is 508 g/mol. The molecular weight excluding hydrogens is 473 g/mol. The number of rotatable bonds is 13. The van der Waals surface area contributed by atoms with Crippen molar-refractivity contribution < 1.29 is 19.3 Å². The van der Waals surface area contributed by atoms with Crippen LogP contribution in [-0.2, 0) is 14.2 Å². The third-order valence-electron chi connectivity index (χ3n) is 6.03. The molecule has 190 valence electrons. The molecule has 8 heteroatoms. The summed E-state index contributed by atoms with van der Waals surface area (Å²) in [5.74, 6) is -2.12. The maximum atomic E-state index is 13.7. The van der Waals surface area contributed by atoms with Crippen molar-refractivity contribution >= 4 is 19.8 Å². The van der Waals surface area contributed by atoms with Gasteiger partial charge in [0.2, 0.25) is 11.7 Å². The predicted octanol–water partition coefficient (Wildman–Crippen LogP) is 4.77. The van der Waals surface area contributed by atoms with Gasteiger partial charge in [-0.3, -0.25) is 10.1 Å². The van der Waals surface area contributed by atoms with Gasteiger partial charge < -0.3 is 10.4 Å². The second-order valence-electron chi connectivity index (χ2n) is 9.42. The Morgan fingerprint density at radius 2 is 1.44 bits per heavy atom. The van der Waals surface area contributed by atoms with Crippen LogP contribution in [0, 0.1) is 11.8 Å². The van der Waals surface area contributed by atoms with E-state index in [1.165, 1.54) is 0 Å². The summed E-state index contributed by atoms with van der Waals surface area (Å²) >= 11 is 0. The number of benzene rings is 2. The number of carbonyl (C=O) groups is 2.